The minimum atomic E-state index is 0.699. The number of H-pyrrole nitrogens is 1. The number of aromatic nitrogens is 2. The Labute approximate surface area is 139 Å². The second-order valence-corrected chi connectivity index (χ2v) is 5.95. The minimum Gasteiger partial charge on any atom is -0.342 e. The van der Waals surface area contributed by atoms with Crippen molar-refractivity contribution in [1.29, 1.82) is 0 Å². The van der Waals surface area contributed by atoms with Crippen molar-refractivity contribution in [3.63, 3.8) is 0 Å². The summed E-state index contributed by atoms with van der Waals surface area (Å²) >= 11 is 6.23. The van der Waals surface area contributed by atoms with Gasteiger partial charge in [0, 0.05) is 17.0 Å². The molecule has 0 amide bonds. The van der Waals surface area contributed by atoms with Crippen molar-refractivity contribution in [3.05, 3.63) is 89.3 Å². The molecule has 0 spiro atoms. The standard InChI is InChI=1S/C20H15ClN2/c21-18-11-4-2-7-15(18)12-20-22-13-19(23-20)17-10-5-8-14-6-1-3-9-16(14)17/h1-11,13H,12H2,(H,22,23). The number of imidazole rings is 1. The summed E-state index contributed by atoms with van der Waals surface area (Å²) in [5.74, 6) is 0.918. The quantitative estimate of drug-likeness (QED) is 0.533. The van der Waals surface area contributed by atoms with E-state index in [2.05, 4.69) is 52.4 Å². The number of benzene rings is 3. The van der Waals surface area contributed by atoms with Crippen molar-refractivity contribution in [2.75, 3.05) is 0 Å². The predicted octanol–water partition coefficient (Wildman–Crippen LogP) is 5.47. The average Bonchev–Trinajstić information content (AvgIpc) is 3.05. The lowest BCUT2D eigenvalue weighted by Crippen LogP contribution is -1.91. The molecule has 0 saturated carbocycles. The van der Waals surface area contributed by atoms with Crippen molar-refractivity contribution in [2.45, 2.75) is 6.42 Å². The van der Waals surface area contributed by atoms with Gasteiger partial charge in [-0.2, -0.15) is 0 Å². The normalized spacial score (nSPS) is 11.0. The molecule has 1 N–H and O–H groups in total. The Morgan fingerprint density at radius 3 is 2.57 bits per heavy atom. The van der Waals surface area contributed by atoms with Crippen LogP contribution in [-0.4, -0.2) is 9.97 Å². The Morgan fingerprint density at radius 2 is 1.65 bits per heavy atom. The lowest BCUT2D eigenvalue weighted by Gasteiger charge is -2.04. The van der Waals surface area contributed by atoms with Crippen LogP contribution >= 0.6 is 11.6 Å². The van der Waals surface area contributed by atoms with E-state index in [-0.39, 0.29) is 0 Å². The first kappa shape index (κ1) is 14.0. The van der Waals surface area contributed by atoms with E-state index in [4.69, 9.17) is 11.6 Å². The van der Waals surface area contributed by atoms with Crippen LogP contribution in [0.1, 0.15) is 11.4 Å². The van der Waals surface area contributed by atoms with Crippen LogP contribution in [0.3, 0.4) is 0 Å². The van der Waals surface area contributed by atoms with Crippen LogP contribution in [0.5, 0.6) is 0 Å². The van der Waals surface area contributed by atoms with E-state index in [1.165, 1.54) is 16.3 Å². The van der Waals surface area contributed by atoms with Crippen molar-refractivity contribution in [1.82, 2.24) is 9.97 Å². The zero-order chi connectivity index (χ0) is 15.6. The van der Waals surface area contributed by atoms with Crippen LogP contribution in [-0.2, 0) is 6.42 Å². The van der Waals surface area contributed by atoms with E-state index >= 15 is 0 Å². The van der Waals surface area contributed by atoms with E-state index in [0.717, 1.165) is 22.1 Å². The smallest absolute Gasteiger partial charge is 0.110 e. The van der Waals surface area contributed by atoms with E-state index in [9.17, 15) is 0 Å². The molecule has 0 saturated heterocycles. The Balaban J connectivity index is 1.71. The maximum absolute atomic E-state index is 6.23. The van der Waals surface area contributed by atoms with E-state index in [0.29, 0.717) is 6.42 Å². The van der Waals surface area contributed by atoms with Crippen LogP contribution in [0.25, 0.3) is 22.0 Å². The number of halogens is 1. The first-order chi connectivity index (χ1) is 11.3. The molecule has 0 unspecified atom stereocenters. The van der Waals surface area contributed by atoms with Gasteiger partial charge in [-0.15, -0.1) is 0 Å². The highest BCUT2D eigenvalue weighted by atomic mass is 35.5. The van der Waals surface area contributed by atoms with Gasteiger partial charge in [-0.3, -0.25) is 0 Å². The number of hydrogen-bond acceptors (Lipinski definition) is 1. The molecule has 3 heteroatoms. The fraction of sp³-hybridized carbons (Fsp3) is 0.0500. The van der Waals surface area contributed by atoms with Gasteiger partial charge in [0.2, 0.25) is 0 Å². The van der Waals surface area contributed by atoms with E-state index in [1.807, 2.05) is 30.5 Å². The van der Waals surface area contributed by atoms with Crippen LogP contribution in [0.2, 0.25) is 5.02 Å². The molecule has 0 bridgehead atoms. The summed E-state index contributed by atoms with van der Waals surface area (Å²) < 4.78 is 0. The highest BCUT2D eigenvalue weighted by Gasteiger charge is 2.08. The molecule has 23 heavy (non-hydrogen) atoms. The van der Waals surface area contributed by atoms with Crippen molar-refractivity contribution in [2.24, 2.45) is 0 Å². The number of rotatable bonds is 3. The van der Waals surface area contributed by atoms with Gasteiger partial charge in [0.1, 0.15) is 5.82 Å². The maximum atomic E-state index is 6.23. The molecule has 112 valence electrons. The molecular weight excluding hydrogens is 304 g/mol. The zero-order valence-electron chi connectivity index (χ0n) is 12.5. The molecule has 1 aromatic heterocycles. The summed E-state index contributed by atoms with van der Waals surface area (Å²) in [4.78, 5) is 7.95. The van der Waals surface area contributed by atoms with Crippen molar-refractivity contribution >= 4 is 22.4 Å². The van der Waals surface area contributed by atoms with E-state index in [1.54, 1.807) is 0 Å². The van der Waals surface area contributed by atoms with Gasteiger partial charge in [0.05, 0.1) is 11.9 Å². The fourth-order valence-electron chi connectivity index (χ4n) is 2.87. The third kappa shape index (κ3) is 2.73. The maximum Gasteiger partial charge on any atom is 0.110 e. The molecule has 0 radical (unpaired) electrons. The SMILES string of the molecule is Clc1ccccc1Cc1ncc(-c2cccc3ccccc23)[nH]1. The second kappa shape index (κ2) is 5.90. The van der Waals surface area contributed by atoms with Gasteiger partial charge >= 0.3 is 0 Å². The van der Waals surface area contributed by atoms with Crippen LogP contribution < -0.4 is 0 Å². The highest BCUT2D eigenvalue weighted by Crippen LogP contribution is 2.27. The van der Waals surface area contributed by atoms with Crippen molar-refractivity contribution < 1.29 is 0 Å². The number of hydrogen-bond donors (Lipinski definition) is 1. The first-order valence-electron chi connectivity index (χ1n) is 7.57. The molecule has 4 rings (SSSR count). The predicted molar refractivity (Wildman–Crippen MR) is 95.8 cm³/mol. The van der Waals surface area contributed by atoms with Gasteiger partial charge in [-0.1, -0.05) is 72.3 Å². The summed E-state index contributed by atoms with van der Waals surface area (Å²) in [5.41, 5.74) is 3.28. The van der Waals surface area contributed by atoms with Crippen LogP contribution in [0, 0.1) is 0 Å². The lowest BCUT2D eigenvalue weighted by molar-refractivity contribution is 1.03. The summed E-state index contributed by atoms with van der Waals surface area (Å²) in [6, 6.07) is 22.6. The Morgan fingerprint density at radius 1 is 0.870 bits per heavy atom. The van der Waals surface area contributed by atoms with Gasteiger partial charge in [0.25, 0.3) is 0 Å². The Bertz CT molecular complexity index is 967. The second-order valence-electron chi connectivity index (χ2n) is 5.54. The average molecular weight is 319 g/mol. The number of nitrogens with zero attached hydrogens (tertiary/aromatic N) is 1. The third-order valence-electron chi connectivity index (χ3n) is 4.02. The third-order valence-corrected chi connectivity index (χ3v) is 4.39. The van der Waals surface area contributed by atoms with Crippen LogP contribution in [0.4, 0.5) is 0 Å². The molecule has 0 aliphatic carbocycles. The molecule has 1 heterocycles. The zero-order valence-corrected chi connectivity index (χ0v) is 13.2. The monoisotopic (exact) mass is 318 g/mol. The summed E-state index contributed by atoms with van der Waals surface area (Å²) in [5, 5.41) is 3.23. The summed E-state index contributed by atoms with van der Waals surface area (Å²) in [6.45, 7) is 0. The van der Waals surface area contributed by atoms with Crippen molar-refractivity contribution in [3.8, 4) is 11.3 Å². The summed E-state index contributed by atoms with van der Waals surface area (Å²) in [7, 11) is 0. The first-order valence-corrected chi connectivity index (χ1v) is 7.94. The molecule has 2 nitrogen and oxygen atoms in total. The van der Waals surface area contributed by atoms with E-state index < -0.39 is 0 Å². The highest BCUT2D eigenvalue weighted by molar-refractivity contribution is 6.31. The molecule has 0 aliphatic heterocycles. The van der Waals surface area contributed by atoms with Gasteiger partial charge < -0.3 is 4.98 Å². The molecule has 3 aromatic carbocycles. The number of nitrogens with one attached hydrogen (secondary N) is 1. The van der Waals surface area contributed by atoms with Gasteiger partial charge in [-0.05, 0) is 22.4 Å². The largest absolute Gasteiger partial charge is 0.342 e. The molecule has 0 fully saturated rings. The minimum absolute atomic E-state index is 0.699. The molecule has 0 aliphatic rings. The lowest BCUT2D eigenvalue weighted by atomic mass is 10.0. The number of fused-ring (bicyclic) bond motifs is 1. The number of aromatic amines is 1. The molecule has 0 atom stereocenters. The van der Waals surface area contributed by atoms with Gasteiger partial charge in [0.15, 0.2) is 0 Å². The molecular formula is C20H15ClN2. The Hall–Kier alpha value is -2.58. The molecule has 4 aromatic rings. The fourth-order valence-corrected chi connectivity index (χ4v) is 3.07. The Kier molecular flexibility index (Phi) is 3.60. The summed E-state index contributed by atoms with van der Waals surface area (Å²) in [6.07, 6.45) is 2.60. The topological polar surface area (TPSA) is 28.7 Å². The van der Waals surface area contributed by atoms with Crippen LogP contribution in [0.15, 0.2) is 72.9 Å². The van der Waals surface area contributed by atoms with Gasteiger partial charge in [-0.25, -0.2) is 4.98 Å².